The highest BCUT2D eigenvalue weighted by molar-refractivity contribution is 5.87. The van der Waals surface area contributed by atoms with Crippen LogP contribution in [-0.2, 0) is 19.1 Å². The van der Waals surface area contributed by atoms with Gasteiger partial charge < -0.3 is 24.2 Å². The summed E-state index contributed by atoms with van der Waals surface area (Å²) in [4.78, 5) is 48.6. The van der Waals surface area contributed by atoms with Gasteiger partial charge in [0, 0.05) is 45.4 Å². The molecule has 4 fully saturated rings. The minimum absolute atomic E-state index is 0.0294. The van der Waals surface area contributed by atoms with E-state index in [0.29, 0.717) is 38.6 Å². The zero-order valence-electron chi connectivity index (χ0n) is 22.9. The molecule has 0 N–H and O–H groups in total. The lowest BCUT2D eigenvalue weighted by Crippen LogP contribution is -2.54. The molecule has 0 radical (unpaired) electrons. The number of hydrogen-bond acceptors (Lipinski definition) is 6. The van der Waals surface area contributed by atoms with Gasteiger partial charge in [-0.1, -0.05) is 6.92 Å². The number of ether oxygens (including phenoxy) is 2. The van der Waals surface area contributed by atoms with Crippen molar-refractivity contribution in [3.8, 4) is 0 Å². The van der Waals surface area contributed by atoms with Crippen LogP contribution in [0.25, 0.3) is 0 Å². The van der Waals surface area contributed by atoms with Gasteiger partial charge in [0.1, 0.15) is 17.7 Å². The first-order chi connectivity index (χ1) is 17.0. The van der Waals surface area contributed by atoms with Gasteiger partial charge in [0.05, 0.1) is 6.04 Å². The molecule has 0 bridgehead atoms. The molecule has 3 aliphatic heterocycles. The summed E-state index contributed by atoms with van der Waals surface area (Å²) in [5, 5.41) is 0. The van der Waals surface area contributed by atoms with Crippen molar-refractivity contribution in [1.82, 2.24) is 19.6 Å². The summed E-state index contributed by atoms with van der Waals surface area (Å²) in [6, 6.07) is -0.703. The van der Waals surface area contributed by atoms with Gasteiger partial charge in [0.25, 0.3) is 5.91 Å². The predicted molar refractivity (Wildman–Crippen MR) is 136 cm³/mol. The standard InChI is InChI=1S/C27H46N4O5/c1-19-8-10-20(11-9-19)31(25(33)23-7-6-16-35-23)21-17-22(24(32)29-14-12-28(5)13-15-29)30(18-21)26(34)36-27(2,3)4/h19-23H,6-18H2,1-5H3/t19-,20+,21-,22+,23+/m1/s1. The Labute approximate surface area is 216 Å². The number of rotatable bonds is 4. The maximum atomic E-state index is 13.8. The fourth-order valence-electron chi connectivity index (χ4n) is 6.13. The van der Waals surface area contributed by atoms with Crippen molar-refractivity contribution in [3.05, 3.63) is 0 Å². The van der Waals surface area contributed by atoms with Crippen molar-refractivity contribution in [1.29, 1.82) is 0 Å². The summed E-state index contributed by atoms with van der Waals surface area (Å²) in [7, 11) is 2.06. The van der Waals surface area contributed by atoms with E-state index in [1.807, 2.05) is 30.6 Å². The van der Waals surface area contributed by atoms with Crippen molar-refractivity contribution in [2.75, 3.05) is 46.4 Å². The van der Waals surface area contributed by atoms with E-state index < -0.39 is 23.8 Å². The lowest BCUT2D eigenvalue weighted by atomic mass is 9.85. The molecule has 0 unspecified atom stereocenters. The number of nitrogens with zero attached hydrogens (tertiary/aromatic N) is 4. The third-order valence-corrected chi connectivity index (χ3v) is 8.24. The largest absolute Gasteiger partial charge is 0.444 e. The van der Waals surface area contributed by atoms with E-state index in [-0.39, 0.29) is 23.9 Å². The second-order valence-corrected chi connectivity index (χ2v) is 12.3. The Morgan fingerprint density at radius 3 is 2.19 bits per heavy atom. The van der Waals surface area contributed by atoms with Crippen molar-refractivity contribution in [2.45, 2.75) is 102 Å². The van der Waals surface area contributed by atoms with Gasteiger partial charge in [-0.25, -0.2) is 4.79 Å². The number of piperazine rings is 1. The summed E-state index contributed by atoms with van der Waals surface area (Å²) in [5.74, 6) is 0.668. The Hall–Kier alpha value is -1.87. The highest BCUT2D eigenvalue weighted by Gasteiger charge is 2.48. The molecule has 0 aromatic heterocycles. The molecule has 4 rings (SSSR count). The smallest absolute Gasteiger partial charge is 0.411 e. The monoisotopic (exact) mass is 506 g/mol. The van der Waals surface area contributed by atoms with Crippen LogP contribution in [0.5, 0.6) is 0 Å². The quantitative estimate of drug-likeness (QED) is 0.583. The number of carbonyl (C=O) groups excluding carboxylic acids is 3. The summed E-state index contributed by atoms with van der Waals surface area (Å²) in [5.41, 5.74) is -0.663. The first-order valence-corrected chi connectivity index (χ1v) is 13.9. The van der Waals surface area contributed by atoms with Gasteiger partial charge in [0.15, 0.2) is 0 Å². The summed E-state index contributed by atoms with van der Waals surface area (Å²) in [6.07, 6.45) is 5.30. The van der Waals surface area contributed by atoms with E-state index in [1.165, 1.54) is 0 Å². The van der Waals surface area contributed by atoms with Crippen LogP contribution in [0.1, 0.15) is 72.6 Å². The van der Waals surface area contributed by atoms with Crippen LogP contribution in [0, 0.1) is 5.92 Å². The Kier molecular flexibility index (Phi) is 8.49. The Bertz CT molecular complexity index is 792. The SMILES string of the molecule is CN1CCN(C(=O)[C@@H]2C[C@@H](N(C(=O)[C@@H]3CCCO3)[C@H]3CC[C@@H](C)CC3)CN2C(=O)OC(C)(C)C)CC1. The Morgan fingerprint density at radius 2 is 1.61 bits per heavy atom. The van der Waals surface area contributed by atoms with E-state index in [9.17, 15) is 14.4 Å². The molecule has 3 amide bonds. The van der Waals surface area contributed by atoms with Crippen LogP contribution in [-0.4, -0.2) is 114 Å². The second kappa shape index (κ2) is 11.3. The molecule has 0 spiro atoms. The van der Waals surface area contributed by atoms with Crippen molar-refractivity contribution in [3.63, 3.8) is 0 Å². The number of carbonyl (C=O) groups is 3. The van der Waals surface area contributed by atoms with Crippen molar-refractivity contribution < 1.29 is 23.9 Å². The summed E-state index contributed by atoms with van der Waals surface area (Å²) >= 11 is 0. The fourth-order valence-corrected chi connectivity index (χ4v) is 6.13. The van der Waals surface area contributed by atoms with Gasteiger partial charge >= 0.3 is 6.09 Å². The normalized spacial score (nSPS) is 32.0. The van der Waals surface area contributed by atoms with E-state index in [0.717, 1.165) is 51.6 Å². The van der Waals surface area contributed by atoms with Gasteiger partial charge in [-0.05, 0) is 78.7 Å². The molecule has 9 heteroatoms. The van der Waals surface area contributed by atoms with Crippen LogP contribution in [0.3, 0.4) is 0 Å². The number of hydrogen-bond donors (Lipinski definition) is 0. The third-order valence-electron chi connectivity index (χ3n) is 8.24. The number of likely N-dealkylation sites (N-methyl/N-ethyl adjacent to an activating group) is 1. The minimum atomic E-state index is -0.663. The van der Waals surface area contributed by atoms with Gasteiger partial charge in [-0.3, -0.25) is 14.5 Å². The van der Waals surface area contributed by atoms with Crippen molar-refractivity contribution in [2.24, 2.45) is 5.92 Å². The second-order valence-electron chi connectivity index (χ2n) is 12.3. The van der Waals surface area contributed by atoms with Gasteiger partial charge in [-0.15, -0.1) is 0 Å². The Morgan fingerprint density at radius 1 is 0.944 bits per heavy atom. The highest BCUT2D eigenvalue weighted by atomic mass is 16.6. The molecular weight excluding hydrogens is 460 g/mol. The predicted octanol–water partition coefficient (Wildman–Crippen LogP) is 2.72. The zero-order chi connectivity index (χ0) is 26.0. The highest BCUT2D eigenvalue weighted by Crippen LogP contribution is 2.34. The first-order valence-electron chi connectivity index (χ1n) is 13.9. The number of likely N-dealkylation sites (tertiary alicyclic amines) is 1. The fraction of sp³-hybridized carbons (Fsp3) is 0.889. The molecule has 4 aliphatic rings. The zero-order valence-corrected chi connectivity index (χ0v) is 22.9. The number of amides is 3. The summed E-state index contributed by atoms with van der Waals surface area (Å²) in [6.45, 7) is 11.7. The average molecular weight is 507 g/mol. The lowest BCUT2D eigenvalue weighted by molar-refractivity contribution is -0.147. The summed E-state index contributed by atoms with van der Waals surface area (Å²) < 4.78 is 11.5. The average Bonchev–Trinajstić information content (AvgIpc) is 3.50. The molecule has 3 heterocycles. The van der Waals surface area contributed by atoms with E-state index in [2.05, 4.69) is 18.9 Å². The van der Waals surface area contributed by atoms with E-state index >= 15 is 0 Å². The van der Waals surface area contributed by atoms with E-state index in [4.69, 9.17) is 9.47 Å². The first kappa shape index (κ1) is 27.2. The molecular formula is C27H46N4O5. The molecule has 0 aromatic carbocycles. The van der Waals surface area contributed by atoms with Crippen LogP contribution in [0.15, 0.2) is 0 Å². The topological polar surface area (TPSA) is 82.6 Å². The molecule has 1 aliphatic carbocycles. The maximum Gasteiger partial charge on any atom is 0.411 e. The maximum absolute atomic E-state index is 13.8. The van der Waals surface area contributed by atoms with Gasteiger partial charge in [-0.2, -0.15) is 0 Å². The molecule has 9 nitrogen and oxygen atoms in total. The third kappa shape index (κ3) is 6.33. The molecule has 1 saturated carbocycles. The molecule has 0 aromatic rings. The Balaban J connectivity index is 1.58. The van der Waals surface area contributed by atoms with Gasteiger partial charge in [0.2, 0.25) is 5.91 Å². The molecule has 204 valence electrons. The lowest BCUT2D eigenvalue weighted by Gasteiger charge is -2.41. The van der Waals surface area contributed by atoms with Crippen LogP contribution >= 0.6 is 0 Å². The van der Waals surface area contributed by atoms with Crippen LogP contribution < -0.4 is 0 Å². The van der Waals surface area contributed by atoms with E-state index in [1.54, 1.807) is 4.90 Å². The molecule has 3 saturated heterocycles. The molecule has 3 atom stereocenters. The molecule has 36 heavy (non-hydrogen) atoms. The minimum Gasteiger partial charge on any atom is -0.444 e. The van der Waals surface area contributed by atoms with Crippen molar-refractivity contribution >= 4 is 17.9 Å². The van der Waals surface area contributed by atoms with Crippen LogP contribution in [0.2, 0.25) is 0 Å². The van der Waals surface area contributed by atoms with Crippen LogP contribution in [0.4, 0.5) is 4.79 Å².